The largest absolute Gasteiger partial charge is 0.490 e. The molecule has 592 valence electrons. The molecule has 18 heteroatoms. The van der Waals surface area contributed by atoms with E-state index < -0.39 is 27.0 Å². The van der Waals surface area contributed by atoms with Crippen LogP contribution in [-0.4, -0.2) is 121 Å². The minimum Gasteiger partial charge on any atom is -0.490 e. The Morgan fingerprint density at radius 1 is 0.478 bits per heavy atom. The van der Waals surface area contributed by atoms with Crippen molar-refractivity contribution >= 4 is 81.5 Å². The summed E-state index contributed by atoms with van der Waals surface area (Å²) in [6, 6.07) is 81.9. The quantitative estimate of drug-likeness (QED) is 0.0479. The van der Waals surface area contributed by atoms with Gasteiger partial charge in [-0.3, -0.25) is 9.97 Å². The number of carbonyl (C=O) groups excluding carboxylic acids is 2. The molecule has 5 aliphatic heterocycles. The monoisotopic (exact) mass is 1620 g/mol. The molecule has 113 heavy (non-hydrogen) atoms. The summed E-state index contributed by atoms with van der Waals surface area (Å²) >= 11 is 3.34. The molecular formula is C95H111BrN6O9P2. The summed E-state index contributed by atoms with van der Waals surface area (Å²) in [6.07, 6.45) is 15.6. The van der Waals surface area contributed by atoms with Gasteiger partial charge in [-0.1, -0.05) is 232 Å². The smallest absolute Gasteiger partial charge is 0.410 e. The Morgan fingerprint density at radius 2 is 0.867 bits per heavy atom. The molecule has 7 heterocycles. The average Bonchev–Trinajstić information content (AvgIpc) is 0.723. The maximum atomic E-state index is 12.3. The Morgan fingerprint density at radius 3 is 1.26 bits per heavy atom. The Kier molecular flexibility index (Phi) is 30.2. The minimum atomic E-state index is -0.824. The molecule has 2 atom stereocenters. The van der Waals surface area contributed by atoms with Gasteiger partial charge in [0.2, 0.25) is 0 Å². The zero-order valence-electron chi connectivity index (χ0n) is 66.9. The molecule has 1 N–H and O–H groups in total. The van der Waals surface area contributed by atoms with Crippen LogP contribution in [0.4, 0.5) is 15.3 Å². The first kappa shape index (κ1) is 83.4. The SMILES string of the molecule is CC(C)(C)OC(=O)N1CC[C@H]1COc1cncc(Br)c1.CC(C)(C)OC(=O)N1CC[C@H]1COc1cncc(N2CCC(CCOCc3ccccc3)CC2)c1.CC1(C)c2cccc(P(c3ccccc3)c3ccccc3)c2Oc2c(P(c3ccccc3)c3ccccc3)cccc21.c1ccc(COCCC2CCNCC2)cc1. The van der Waals surface area contributed by atoms with Crippen molar-refractivity contribution < 1.29 is 42.7 Å². The van der Waals surface area contributed by atoms with Gasteiger partial charge >= 0.3 is 12.2 Å². The predicted molar refractivity (Wildman–Crippen MR) is 464 cm³/mol. The van der Waals surface area contributed by atoms with Gasteiger partial charge in [-0.15, -0.1) is 0 Å². The molecule has 10 aromatic rings. The Bertz CT molecular complexity index is 4360. The van der Waals surface area contributed by atoms with Crippen LogP contribution >= 0.6 is 31.8 Å². The minimum absolute atomic E-state index is 0.0494. The summed E-state index contributed by atoms with van der Waals surface area (Å²) in [5.41, 5.74) is 4.90. The number of aromatic nitrogens is 2. The summed E-state index contributed by atoms with van der Waals surface area (Å²) < 4.78 is 42.2. The Balaban J connectivity index is 0.000000149. The van der Waals surface area contributed by atoms with Gasteiger partial charge in [0.15, 0.2) is 0 Å². The molecule has 0 radical (unpaired) electrons. The first-order valence-corrected chi connectivity index (χ1v) is 43.5. The van der Waals surface area contributed by atoms with Crippen LogP contribution in [0.5, 0.6) is 23.0 Å². The number of hydrogen-bond acceptors (Lipinski definition) is 13. The zero-order valence-corrected chi connectivity index (χ0v) is 70.3. The first-order valence-electron chi connectivity index (χ1n) is 40.0. The number of amides is 2. The third-order valence-corrected chi connectivity index (χ3v) is 26.2. The number of rotatable bonds is 23. The lowest BCUT2D eigenvalue weighted by molar-refractivity contribution is -0.0149. The lowest BCUT2D eigenvalue weighted by Crippen LogP contribution is -2.55. The van der Waals surface area contributed by atoms with Crippen LogP contribution in [0.3, 0.4) is 0 Å². The van der Waals surface area contributed by atoms with E-state index in [2.05, 4.69) is 262 Å². The van der Waals surface area contributed by atoms with Crippen molar-refractivity contribution in [3.63, 3.8) is 0 Å². The summed E-state index contributed by atoms with van der Waals surface area (Å²) in [6.45, 7) is 25.9. The number of halogens is 1. The molecule has 0 spiro atoms. The molecule has 15 rings (SSSR count). The van der Waals surface area contributed by atoms with Crippen LogP contribution in [0.2, 0.25) is 0 Å². The second-order valence-electron chi connectivity index (χ2n) is 31.9. The van der Waals surface area contributed by atoms with Crippen LogP contribution in [-0.2, 0) is 37.6 Å². The number of carbonyl (C=O) groups is 2. The fourth-order valence-electron chi connectivity index (χ4n) is 14.6. The number of para-hydroxylation sites is 2. The van der Waals surface area contributed by atoms with E-state index in [1.54, 1.807) is 28.4 Å². The van der Waals surface area contributed by atoms with Crippen LogP contribution < -0.4 is 56.3 Å². The number of ether oxygens (including phenoxy) is 7. The van der Waals surface area contributed by atoms with Gasteiger partial charge < -0.3 is 53.2 Å². The zero-order chi connectivity index (χ0) is 79.0. The van der Waals surface area contributed by atoms with Crippen LogP contribution in [0.25, 0.3) is 0 Å². The summed E-state index contributed by atoms with van der Waals surface area (Å²) in [5, 5.41) is 11.2. The van der Waals surface area contributed by atoms with E-state index in [1.807, 2.05) is 65.9 Å². The van der Waals surface area contributed by atoms with E-state index in [-0.39, 0.29) is 29.7 Å². The number of nitrogens with one attached hydrogen (secondary N) is 1. The molecule has 0 unspecified atom stereocenters. The fraction of sp³-hybridized carbons (Fsp3) is 0.368. The van der Waals surface area contributed by atoms with Crippen molar-refractivity contribution in [2.45, 2.75) is 149 Å². The molecule has 2 amide bonds. The second kappa shape index (κ2) is 40.8. The van der Waals surface area contributed by atoms with Crippen LogP contribution in [0.1, 0.15) is 129 Å². The van der Waals surface area contributed by atoms with E-state index >= 15 is 0 Å². The number of anilines is 1. The van der Waals surface area contributed by atoms with Gasteiger partial charge in [0.25, 0.3) is 0 Å². The highest BCUT2D eigenvalue weighted by Gasteiger charge is 2.41. The van der Waals surface area contributed by atoms with Gasteiger partial charge in [0, 0.05) is 83.3 Å². The number of nitrogens with zero attached hydrogens (tertiary/aromatic N) is 5. The molecular weight excluding hydrogens is 1510 g/mol. The van der Waals surface area contributed by atoms with Crippen LogP contribution in [0, 0.1) is 11.8 Å². The lowest BCUT2D eigenvalue weighted by atomic mass is 9.76. The number of pyridine rings is 2. The number of benzene rings is 8. The summed E-state index contributed by atoms with van der Waals surface area (Å²) in [4.78, 5) is 38.5. The lowest BCUT2D eigenvalue weighted by Gasteiger charge is -2.41. The van der Waals surface area contributed by atoms with E-state index in [0.29, 0.717) is 38.0 Å². The highest BCUT2D eigenvalue weighted by atomic mass is 79.9. The molecule has 8 aromatic carbocycles. The Hall–Kier alpha value is -8.98. The van der Waals surface area contributed by atoms with E-state index in [0.717, 1.165) is 105 Å². The van der Waals surface area contributed by atoms with Crippen molar-refractivity contribution in [3.05, 3.63) is 282 Å². The number of fused-ring (bicyclic) bond motifs is 2. The van der Waals surface area contributed by atoms with Crippen molar-refractivity contribution in [1.29, 1.82) is 0 Å². The van der Waals surface area contributed by atoms with Crippen LogP contribution in [0.15, 0.2) is 260 Å². The molecule has 15 nitrogen and oxygen atoms in total. The predicted octanol–water partition coefficient (Wildman–Crippen LogP) is 18.8. The highest BCUT2D eigenvalue weighted by molar-refractivity contribution is 9.10. The van der Waals surface area contributed by atoms with Crippen molar-refractivity contribution in [2.75, 3.05) is 70.6 Å². The van der Waals surface area contributed by atoms with Crippen molar-refractivity contribution in [3.8, 4) is 23.0 Å². The first-order chi connectivity index (χ1) is 54.8. The van der Waals surface area contributed by atoms with E-state index in [9.17, 15) is 9.59 Å². The molecule has 0 saturated carbocycles. The highest BCUT2D eigenvalue weighted by Crippen LogP contribution is 2.52. The van der Waals surface area contributed by atoms with Crippen molar-refractivity contribution in [2.24, 2.45) is 11.8 Å². The molecule has 4 fully saturated rings. The number of likely N-dealkylation sites (tertiary alicyclic amines) is 2. The standard InChI is InChI=1S/C39H32OP2.C28H39N3O4.C14H19BrN2O3.C14H21NO/c1-39(2)33-25-15-27-35(41(29-17-7-3-8-18-29)30-19-9-4-10-20-30)37(33)40-38-34(39)26-16-28-36(38)42(31-21-11-5-12-22-31)32-23-13-6-14-24-32;1-28(2,3)35-27(32)31-15-11-24(31)21-34-26-17-25(18-29-19-26)30-13-9-22(10-14-30)12-16-33-20-23-7-5-4-6-8-23;1-14(2,3)20-13(18)17-5-4-11(17)9-19-12-6-10(15)7-16-8-12;1-2-4-14(5-3-1)12-16-11-8-13-6-9-15-10-7-13/h3-28H,1-2H3;4-8,17-19,22,24H,9-16,20-21H2,1-3H3;6-8,11H,4-5,9H2,1-3H3;1-5,13,15H,6-12H2/t;24-;11-;/m.00./s1. The maximum absolute atomic E-state index is 12.3. The topological polar surface area (TPSA) is 146 Å². The molecule has 4 saturated heterocycles. The molecule has 2 aromatic heterocycles. The van der Waals surface area contributed by atoms with E-state index in [4.69, 9.17) is 33.2 Å². The van der Waals surface area contributed by atoms with Gasteiger partial charge in [-0.2, -0.15) is 0 Å². The maximum Gasteiger partial charge on any atom is 0.410 e. The van der Waals surface area contributed by atoms with E-state index in [1.165, 1.54) is 86.4 Å². The molecule has 0 bridgehead atoms. The molecule has 0 aliphatic carbocycles. The number of piperidine rings is 2. The normalized spacial score (nSPS) is 16.5. The third-order valence-electron chi connectivity index (χ3n) is 20.9. The summed E-state index contributed by atoms with van der Waals surface area (Å²) in [5.74, 6) is 5.03. The average molecular weight is 1620 g/mol. The molecule has 5 aliphatic rings. The van der Waals surface area contributed by atoms with Gasteiger partial charge in [-0.25, -0.2) is 9.59 Å². The van der Waals surface area contributed by atoms with Crippen molar-refractivity contribution in [1.82, 2.24) is 25.1 Å². The third kappa shape index (κ3) is 24.1. The van der Waals surface area contributed by atoms with Gasteiger partial charge in [0.1, 0.15) is 47.4 Å². The fourth-order valence-corrected chi connectivity index (χ4v) is 19.7. The summed E-state index contributed by atoms with van der Waals surface area (Å²) in [7, 11) is -1.65. The second-order valence-corrected chi connectivity index (χ2v) is 37.2. The van der Waals surface area contributed by atoms with Gasteiger partial charge in [-0.05, 0) is 188 Å². The number of hydrogen-bond donors (Lipinski definition) is 1. The van der Waals surface area contributed by atoms with Gasteiger partial charge in [0.05, 0.1) is 49.6 Å². The Labute approximate surface area is 681 Å².